The fraction of sp³-hybridized carbons (Fsp3) is 0.667. The number of nitrogens with one attached hydrogen (secondary N) is 1. The van der Waals surface area contributed by atoms with Crippen molar-refractivity contribution in [3.63, 3.8) is 0 Å². The van der Waals surface area contributed by atoms with E-state index in [0.29, 0.717) is 5.54 Å². The molecule has 1 aliphatic carbocycles. The van der Waals surface area contributed by atoms with E-state index in [1.807, 2.05) is 0 Å². The average Bonchev–Trinajstić information content (AvgIpc) is 2.80. The van der Waals surface area contributed by atoms with Gasteiger partial charge in [0.05, 0.1) is 0 Å². The molecule has 1 heterocycles. The molecule has 1 aromatic carbocycles. The Morgan fingerprint density at radius 1 is 1.15 bits per heavy atom. The molecular formula is C18H28N2. The first-order chi connectivity index (χ1) is 9.76. The Bertz CT molecular complexity index is 425. The van der Waals surface area contributed by atoms with Crippen molar-refractivity contribution in [2.24, 2.45) is 0 Å². The van der Waals surface area contributed by atoms with Crippen LogP contribution in [-0.4, -0.2) is 36.1 Å². The standard InChI is InChI=1S/C18H28N2/c1-3-18(4-2)14-20(11-7-10-19-18)17-12-15-8-5-6-9-16(15)13-17/h5-6,8-9,17,19H,3-4,7,10-14H2,1-2H3. The highest BCUT2D eigenvalue weighted by atomic mass is 15.2. The maximum atomic E-state index is 3.83. The molecule has 1 fully saturated rings. The Balaban J connectivity index is 1.74. The zero-order valence-corrected chi connectivity index (χ0v) is 13.0. The largest absolute Gasteiger partial charge is 0.310 e. The third-order valence-corrected chi connectivity index (χ3v) is 5.53. The molecule has 0 spiro atoms. The highest BCUT2D eigenvalue weighted by Gasteiger charge is 2.35. The summed E-state index contributed by atoms with van der Waals surface area (Å²) in [6.45, 7) is 8.33. The summed E-state index contributed by atoms with van der Waals surface area (Å²) in [6.07, 6.45) is 6.26. The van der Waals surface area contributed by atoms with Crippen molar-refractivity contribution in [3.8, 4) is 0 Å². The van der Waals surface area contributed by atoms with Crippen LogP contribution < -0.4 is 5.32 Å². The monoisotopic (exact) mass is 272 g/mol. The highest BCUT2D eigenvalue weighted by Crippen LogP contribution is 2.29. The highest BCUT2D eigenvalue weighted by molar-refractivity contribution is 5.33. The summed E-state index contributed by atoms with van der Waals surface area (Å²) < 4.78 is 0. The van der Waals surface area contributed by atoms with Gasteiger partial charge in [-0.3, -0.25) is 4.90 Å². The Labute approximate surface area is 123 Å². The van der Waals surface area contributed by atoms with Crippen LogP contribution in [0.15, 0.2) is 24.3 Å². The van der Waals surface area contributed by atoms with Gasteiger partial charge in [-0.25, -0.2) is 0 Å². The smallest absolute Gasteiger partial charge is 0.0303 e. The minimum Gasteiger partial charge on any atom is -0.310 e. The molecule has 0 aromatic heterocycles. The van der Waals surface area contributed by atoms with Crippen LogP contribution in [0.1, 0.15) is 44.2 Å². The lowest BCUT2D eigenvalue weighted by molar-refractivity contribution is 0.151. The summed E-state index contributed by atoms with van der Waals surface area (Å²) in [4.78, 5) is 2.77. The second-order valence-corrected chi connectivity index (χ2v) is 6.57. The van der Waals surface area contributed by atoms with Gasteiger partial charge in [-0.05, 0) is 56.3 Å². The van der Waals surface area contributed by atoms with E-state index in [4.69, 9.17) is 0 Å². The molecule has 1 aromatic rings. The molecule has 2 aliphatic rings. The molecule has 1 N–H and O–H groups in total. The molecule has 3 rings (SSSR count). The summed E-state index contributed by atoms with van der Waals surface area (Å²) in [5.74, 6) is 0. The molecule has 0 amide bonds. The third-order valence-electron chi connectivity index (χ3n) is 5.53. The average molecular weight is 272 g/mol. The minimum atomic E-state index is 0.339. The SMILES string of the molecule is CCC1(CC)CN(C2Cc3ccccc3C2)CCCN1. The van der Waals surface area contributed by atoms with E-state index < -0.39 is 0 Å². The number of benzene rings is 1. The molecule has 2 heteroatoms. The van der Waals surface area contributed by atoms with E-state index in [1.54, 1.807) is 11.1 Å². The van der Waals surface area contributed by atoms with E-state index in [-0.39, 0.29) is 0 Å². The summed E-state index contributed by atoms with van der Waals surface area (Å²) in [5, 5.41) is 3.83. The first kappa shape index (κ1) is 14.1. The first-order valence-corrected chi connectivity index (χ1v) is 8.32. The predicted molar refractivity (Wildman–Crippen MR) is 85.1 cm³/mol. The van der Waals surface area contributed by atoms with E-state index >= 15 is 0 Å². The maximum absolute atomic E-state index is 3.83. The topological polar surface area (TPSA) is 15.3 Å². The number of hydrogen-bond acceptors (Lipinski definition) is 2. The zero-order valence-electron chi connectivity index (χ0n) is 13.0. The lowest BCUT2D eigenvalue weighted by Gasteiger charge is -2.38. The van der Waals surface area contributed by atoms with E-state index in [0.717, 1.165) is 6.04 Å². The fourth-order valence-corrected chi connectivity index (χ4v) is 3.99. The van der Waals surface area contributed by atoms with Gasteiger partial charge in [0.1, 0.15) is 0 Å². The second kappa shape index (κ2) is 5.87. The van der Waals surface area contributed by atoms with Crippen molar-refractivity contribution in [1.82, 2.24) is 10.2 Å². The molecule has 0 saturated carbocycles. The van der Waals surface area contributed by atoms with Gasteiger partial charge in [-0.1, -0.05) is 38.1 Å². The second-order valence-electron chi connectivity index (χ2n) is 6.57. The predicted octanol–water partition coefficient (Wildman–Crippen LogP) is 3.01. The molecule has 1 aliphatic heterocycles. The zero-order chi connectivity index (χ0) is 14.0. The molecule has 0 radical (unpaired) electrons. The quantitative estimate of drug-likeness (QED) is 0.910. The van der Waals surface area contributed by atoms with Gasteiger partial charge in [0.15, 0.2) is 0 Å². The molecule has 0 bridgehead atoms. The van der Waals surface area contributed by atoms with Crippen LogP contribution in [0.25, 0.3) is 0 Å². The minimum absolute atomic E-state index is 0.339. The van der Waals surface area contributed by atoms with E-state index in [1.165, 1.54) is 51.7 Å². The van der Waals surface area contributed by atoms with Crippen LogP contribution in [0, 0.1) is 0 Å². The van der Waals surface area contributed by atoms with Gasteiger partial charge in [0.25, 0.3) is 0 Å². The molecule has 0 atom stereocenters. The maximum Gasteiger partial charge on any atom is 0.0303 e. The molecule has 2 nitrogen and oxygen atoms in total. The van der Waals surface area contributed by atoms with Crippen LogP contribution in [0.4, 0.5) is 0 Å². The van der Waals surface area contributed by atoms with E-state index in [2.05, 4.69) is 48.3 Å². The molecule has 110 valence electrons. The van der Waals surface area contributed by atoms with Gasteiger partial charge in [-0.15, -0.1) is 0 Å². The van der Waals surface area contributed by atoms with Gasteiger partial charge in [0, 0.05) is 18.1 Å². The van der Waals surface area contributed by atoms with Crippen molar-refractivity contribution in [2.45, 2.75) is 57.5 Å². The summed E-state index contributed by atoms with van der Waals surface area (Å²) >= 11 is 0. The molecular weight excluding hydrogens is 244 g/mol. The van der Waals surface area contributed by atoms with Crippen molar-refractivity contribution in [3.05, 3.63) is 35.4 Å². The van der Waals surface area contributed by atoms with Crippen LogP contribution >= 0.6 is 0 Å². The first-order valence-electron chi connectivity index (χ1n) is 8.32. The number of hydrogen-bond donors (Lipinski definition) is 1. The van der Waals surface area contributed by atoms with Crippen molar-refractivity contribution >= 4 is 0 Å². The van der Waals surface area contributed by atoms with Gasteiger partial charge in [0.2, 0.25) is 0 Å². The van der Waals surface area contributed by atoms with Gasteiger partial charge < -0.3 is 5.32 Å². The van der Waals surface area contributed by atoms with E-state index in [9.17, 15) is 0 Å². The lowest BCUT2D eigenvalue weighted by Crippen LogP contribution is -2.52. The molecule has 20 heavy (non-hydrogen) atoms. The van der Waals surface area contributed by atoms with Crippen LogP contribution in [0.2, 0.25) is 0 Å². The Hall–Kier alpha value is -0.860. The van der Waals surface area contributed by atoms with Crippen molar-refractivity contribution in [2.75, 3.05) is 19.6 Å². The van der Waals surface area contributed by atoms with Crippen LogP contribution in [0.3, 0.4) is 0 Å². The number of fused-ring (bicyclic) bond motifs is 1. The van der Waals surface area contributed by atoms with Crippen LogP contribution in [-0.2, 0) is 12.8 Å². The normalized spacial score (nSPS) is 23.5. The summed E-state index contributed by atoms with van der Waals surface area (Å²) in [7, 11) is 0. The Morgan fingerprint density at radius 3 is 2.40 bits per heavy atom. The van der Waals surface area contributed by atoms with Gasteiger partial charge in [-0.2, -0.15) is 0 Å². The molecule has 0 unspecified atom stereocenters. The number of nitrogens with zero attached hydrogens (tertiary/aromatic N) is 1. The summed E-state index contributed by atoms with van der Waals surface area (Å²) in [6, 6.07) is 9.74. The lowest BCUT2D eigenvalue weighted by atomic mass is 9.91. The number of rotatable bonds is 3. The van der Waals surface area contributed by atoms with Crippen LogP contribution in [0.5, 0.6) is 0 Å². The van der Waals surface area contributed by atoms with Gasteiger partial charge >= 0.3 is 0 Å². The third kappa shape index (κ3) is 2.64. The molecule has 1 saturated heterocycles. The van der Waals surface area contributed by atoms with Crippen molar-refractivity contribution < 1.29 is 0 Å². The van der Waals surface area contributed by atoms with Crippen molar-refractivity contribution in [1.29, 1.82) is 0 Å². The Morgan fingerprint density at radius 2 is 1.80 bits per heavy atom. The fourth-order valence-electron chi connectivity index (χ4n) is 3.99. The summed E-state index contributed by atoms with van der Waals surface area (Å²) in [5.41, 5.74) is 3.49. The Kier molecular flexibility index (Phi) is 4.13.